The Balaban J connectivity index is 1.95. The van der Waals surface area contributed by atoms with E-state index in [1.807, 2.05) is 30.3 Å². The summed E-state index contributed by atoms with van der Waals surface area (Å²) in [4.78, 5) is 13.8. The molecule has 1 amide bonds. The largest absolute Gasteiger partial charge is 0.383 e. The van der Waals surface area contributed by atoms with Gasteiger partial charge in [-0.1, -0.05) is 24.3 Å². The van der Waals surface area contributed by atoms with E-state index in [1.54, 1.807) is 11.9 Å². The fourth-order valence-electron chi connectivity index (χ4n) is 2.34. The first-order chi connectivity index (χ1) is 11.3. The number of para-hydroxylation sites is 1. The van der Waals surface area contributed by atoms with E-state index in [2.05, 4.69) is 5.32 Å². The Kier molecular flexibility index (Phi) is 5.51. The fraction of sp³-hybridized carbons (Fsp3) is 0.278. The van der Waals surface area contributed by atoms with Crippen molar-refractivity contribution in [3.8, 4) is 0 Å². The number of nitrogens with one attached hydrogen (secondary N) is 1. The van der Waals surface area contributed by atoms with Crippen LogP contribution in [0.2, 0.25) is 0 Å². The highest BCUT2D eigenvalue weighted by atomic mass is 19.1. The zero-order valence-electron chi connectivity index (χ0n) is 13.6. The van der Waals surface area contributed by atoms with E-state index in [-0.39, 0.29) is 24.6 Å². The van der Waals surface area contributed by atoms with Gasteiger partial charge in [-0.2, -0.15) is 0 Å². The Morgan fingerprint density at radius 1 is 1.21 bits per heavy atom. The summed E-state index contributed by atoms with van der Waals surface area (Å²) < 4.78 is 26.7. The first kappa shape index (κ1) is 17.9. The number of carbonyl (C=O) groups is 1. The van der Waals surface area contributed by atoms with Gasteiger partial charge in [0.25, 0.3) is 0 Å². The van der Waals surface area contributed by atoms with Crippen LogP contribution in [0.5, 0.6) is 0 Å². The molecule has 0 aliphatic rings. The average molecular weight is 334 g/mol. The Labute approximate surface area is 139 Å². The maximum absolute atomic E-state index is 13.8. The zero-order valence-corrected chi connectivity index (χ0v) is 13.6. The van der Waals surface area contributed by atoms with Gasteiger partial charge in [-0.05, 0) is 25.1 Å². The summed E-state index contributed by atoms with van der Waals surface area (Å²) in [5.41, 5.74) is -0.830. The van der Waals surface area contributed by atoms with E-state index < -0.39 is 17.2 Å². The SMILES string of the molecule is CN(CC(=O)NCC(C)(O)c1ccc(F)cc1F)c1ccccc1. The summed E-state index contributed by atoms with van der Waals surface area (Å²) in [6.07, 6.45) is 0. The molecular formula is C18H20F2N2O2. The first-order valence-corrected chi connectivity index (χ1v) is 7.50. The predicted octanol–water partition coefficient (Wildman–Crippen LogP) is 2.42. The van der Waals surface area contributed by atoms with Crippen LogP contribution in [-0.4, -0.2) is 31.2 Å². The molecule has 4 nitrogen and oxygen atoms in total. The number of hydrogen-bond donors (Lipinski definition) is 2. The highest BCUT2D eigenvalue weighted by Crippen LogP contribution is 2.23. The van der Waals surface area contributed by atoms with Gasteiger partial charge in [-0.3, -0.25) is 4.79 Å². The van der Waals surface area contributed by atoms with Crippen LogP contribution in [0, 0.1) is 11.6 Å². The minimum atomic E-state index is -1.64. The lowest BCUT2D eigenvalue weighted by Gasteiger charge is -2.26. The Morgan fingerprint density at radius 3 is 2.50 bits per heavy atom. The molecule has 0 saturated carbocycles. The maximum Gasteiger partial charge on any atom is 0.239 e. The fourth-order valence-corrected chi connectivity index (χ4v) is 2.34. The first-order valence-electron chi connectivity index (χ1n) is 7.50. The number of carbonyl (C=O) groups excluding carboxylic acids is 1. The summed E-state index contributed by atoms with van der Waals surface area (Å²) in [5.74, 6) is -1.89. The molecule has 0 radical (unpaired) electrons. The molecular weight excluding hydrogens is 314 g/mol. The van der Waals surface area contributed by atoms with Crippen LogP contribution < -0.4 is 10.2 Å². The van der Waals surface area contributed by atoms with E-state index in [0.29, 0.717) is 6.07 Å². The number of rotatable bonds is 6. The van der Waals surface area contributed by atoms with Crippen LogP contribution in [0.25, 0.3) is 0 Å². The molecule has 1 atom stereocenters. The minimum absolute atomic E-state index is 0.0689. The van der Waals surface area contributed by atoms with Crippen molar-refractivity contribution < 1.29 is 18.7 Å². The summed E-state index contributed by atoms with van der Waals surface area (Å²) in [6, 6.07) is 12.3. The quantitative estimate of drug-likeness (QED) is 0.853. The lowest BCUT2D eigenvalue weighted by atomic mass is 9.95. The topological polar surface area (TPSA) is 52.6 Å². The third-order valence-corrected chi connectivity index (χ3v) is 3.72. The highest BCUT2D eigenvalue weighted by molar-refractivity contribution is 5.81. The number of anilines is 1. The highest BCUT2D eigenvalue weighted by Gasteiger charge is 2.27. The Bertz CT molecular complexity index is 705. The molecule has 0 saturated heterocycles. The summed E-state index contributed by atoms with van der Waals surface area (Å²) in [7, 11) is 1.77. The molecule has 6 heteroatoms. The van der Waals surface area contributed by atoms with Gasteiger partial charge in [0.15, 0.2) is 0 Å². The lowest BCUT2D eigenvalue weighted by Crippen LogP contribution is -2.43. The molecule has 1 unspecified atom stereocenters. The van der Waals surface area contributed by atoms with Gasteiger partial charge in [0.1, 0.15) is 17.2 Å². The molecule has 2 aromatic rings. The molecule has 2 rings (SSSR count). The van der Waals surface area contributed by atoms with E-state index in [9.17, 15) is 18.7 Å². The van der Waals surface area contributed by atoms with Gasteiger partial charge in [-0.25, -0.2) is 8.78 Å². The molecule has 2 aromatic carbocycles. The van der Waals surface area contributed by atoms with Crippen LogP contribution in [0.1, 0.15) is 12.5 Å². The number of halogens is 2. The Hall–Kier alpha value is -2.47. The lowest BCUT2D eigenvalue weighted by molar-refractivity contribution is -0.121. The second-order valence-corrected chi connectivity index (χ2v) is 5.87. The number of aliphatic hydroxyl groups is 1. The standard InChI is InChI=1S/C18H20F2N2O2/c1-18(24,15-9-8-13(19)10-16(15)20)12-21-17(23)11-22(2)14-6-4-3-5-7-14/h3-10,24H,11-12H2,1-2H3,(H,21,23). The van der Waals surface area contributed by atoms with Gasteiger partial charge < -0.3 is 15.3 Å². The minimum Gasteiger partial charge on any atom is -0.383 e. The van der Waals surface area contributed by atoms with Crippen LogP contribution in [0.15, 0.2) is 48.5 Å². The van der Waals surface area contributed by atoms with Gasteiger partial charge in [0.2, 0.25) is 5.91 Å². The van der Waals surface area contributed by atoms with Crippen molar-refractivity contribution >= 4 is 11.6 Å². The van der Waals surface area contributed by atoms with Crippen LogP contribution >= 0.6 is 0 Å². The Morgan fingerprint density at radius 2 is 1.88 bits per heavy atom. The van der Waals surface area contributed by atoms with Gasteiger partial charge >= 0.3 is 0 Å². The molecule has 128 valence electrons. The number of nitrogens with zero attached hydrogens (tertiary/aromatic N) is 1. The predicted molar refractivity (Wildman–Crippen MR) is 88.7 cm³/mol. The summed E-state index contributed by atoms with van der Waals surface area (Å²) in [6.45, 7) is 1.27. The normalized spacial score (nSPS) is 13.2. The third-order valence-electron chi connectivity index (χ3n) is 3.72. The van der Waals surface area contributed by atoms with E-state index >= 15 is 0 Å². The third kappa shape index (κ3) is 4.52. The van der Waals surface area contributed by atoms with Crippen LogP contribution in [0.4, 0.5) is 14.5 Å². The van der Waals surface area contributed by atoms with Gasteiger partial charge in [0, 0.05) is 24.4 Å². The van der Waals surface area contributed by atoms with Crippen molar-refractivity contribution in [2.24, 2.45) is 0 Å². The van der Waals surface area contributed by atoms with Crippen LogP contribution in [-0.2, 0) is 10.4 Å². The molecule has 0 spiro atoms. The van der Waals surface area contributed by atoms with Crippen molar-refractivity contribution in [2.45, 2.75) is 12.5 Å². The number of likely N-dealkylation sites (N-methyl/N-ethyl adjacent to an activating group) is 1. The van der Waals surface area contributed by atoms with Crippen molar-refractivity contribution in [3.05, 3.63) is 65.7 Å². The van der Waals surface area contributed by atoms with Gasteiger partial charge in [-0.15, -0.1) is 0 Å². The van der Waals surface area contributed by atoms with Crippen molar-refractivity contribution in [2.75, 3.05) is 25.0 Å². The number of hydrogen-bond acceptors (Lipinski definition) is 3. The second-order valence-electron chi connectivity index (χ2n) is 5.87. The molecule has 0 aliphatic heterocycles. The summed E-state index contributed by atoms with van der Waals surface area (Å²) in [5, 5.41) is 12.9. The van der Waals surface area contributed by atoms with Crippen LogP contribution in [0.3, 0.4) is 0 Å². The second kappa shape index (κ2) is 7.40. The molecule has 0 aromatic heterocycles. The molecule has 24 heavy (non-hydrogen) atoms. The average Bonchev–Trinajstić information content (AvgIpc) is 2.53. The smallest absolute Gasteiger partial charge is 0.239 e. The van der Waals surface area contributed by atoms with Crippen molar-refractivity contribution in [1.82, 2.24) is 5.32 Å². The van der Waals surface area contributed by atoms with E-state index in [4.69, 9.17) is 0 Å². The molecule has 0 fully saturated rings. The molecule has 0 heterocycles. The summed E-state index contributed by atoms with van der Waals surface area (Å²) >= 11 is 0. The molecule has 0 aliphatic carbocycles. The van der Waals surface area contributed by atoms with Crippen molar-refractivity contribution in [1.29, 1.82) is 0 Å². The molecule has 2 N–H and O–H groups in total. The zero-order chi connectivity index (χ0) is 17.7. The maximum atomic E-state index is 13.8. The van der Waals surface area contributed by atoms with E-state index in [1.165, 1.54) is 13.0 Å². The van der Waals surface area contributed by atoms with E-state index in [0.717, 1.165) is 11.8 Å². The number of amides is 1. The number of benzene rings is 2. The van der Waals surface area contributed by atoms with Crippen molar-refractivity contribution in [3.63, 3.8) is 0 Å². The monoisotopic (exact) mass is 334 g/mol. The van der Waals surface area contributed by atoms with Gasteiger partial charge in [0.05, 0.1) is 13.1 Å². The molecule has 0 bridgehead atoms.